The predicted molar refractivity (Wildman–Crippen MR) is 76.6 cm³/mol. The lowest BCUT2D eigenvalue weighted by Gasteiger charge is -2.14. The molecule has 0 aliphatic rings. The molecule has 1 N–H and O–H groups in total. The Kier molecular flexibility index (Phi) is 7.78. The van der Waals surface area contributed by atoms with Gasteiger partial charge in [0.1, 0.15) is 5.76 Å². The van der Waals surface area contributed by atoms with Crippen LogP contribution in [0.4, 0.5) is 0 Å². The van der Waals surface area contributed by atoms with E-state index in [9.17, 15) is 0 Å². The van der Waals surface area contributed by atoms with Gasteiger partial charge in [0.15, 0.2) is 0 Å². The molecule has 1 aromatic rings. The molecular weight excluding hydrogens is 224 g/mol. The van der Waals surface area contributed by atoms with Crippen LogP contribution in [0.5, 0.6) is 0 Å². The molecule has 3 nitrogen and oxygen atoms in total. The van der Waals surface area contributed by atoms with Crippen LogP contribution < -0.4 is 5.32 Å². The molecule has 1 rings (SSSR count). The molecule has 0 unspecified atom stereocenters. The van der Waals surface area contributed by atoms with Gasteiger partial charge < -0.3 is 9.73 Å². The van der Waals surface area contributed by atoms with Gasteiger partial charge in [-0.1, -0.05) is 20.3 Å². The molecule has 18 heavy (non-hydrogen) atoms. The van der Waals surface area contributed by atoms with E-state index in [2.05, 4.69) is 31.1 Å². The summed E-state index contributed by atoms with van der Waals surface area (Å²) in [7, 11) is 2.15. The molecule has 0 saturated carbocycles. The smallest absolute Gasteiger partial charge is 0.117 e. The summed E-state index contributed by atoms with van der Waals surface area (Å²) < 4.78 is 5.33. The summed E-state index contributed by atoms with van der Waals surface area (Å²) in [6.45, 7) is 8.84. The van der Waals surface area contributed by atoms with Crippen molar-refractivity contribution in [3.05, 3.63) is 24.2 Å². The van der Waals surface area contributed by atoms with Crippen molar-refractivity contribution >= 4 is 0 Å². The van der Waals surface area contributed by atoms with Crippen LogP contribution in [0.25, 0.3) is 0 Å². The highest BCUT2D eigenvalue weighted by atomic mass is 16.3. The van der Waals surface area contributed by atoms with Crippen LogP contribution in [0.1, 0.15) is 38.9 Å². The van der Waals surface area contributed by atoms with Crippen LogP contribution in [0, 0.1) is 5.92 Å². The van der Waals surface area contributed by atoms with Crippen molar-refractivity contribution in [1.29, 1.82) is 0 Å². The first kappa shape index (κ1) is 15.3. The molecule has 0 bridgehead atoms. The Morgan fingerprint density at radius 2 is 2.11 bits per heavy atom. The fourth-order valence-electron chi connectivity index (χ4n) is 1.95. The first-order valence-corrected chi connectivity index (χ1v) is 7.10. The third-order valence-electron chi connectivity index (χ3n) is 2.95. The highest BCUT2D eigenvalue weighted by Gasteiger charge is 2.01. The molecule has 0 aromatic carbocycles. The second kappa shape index (κ2) is 9.17. The lowest BCUT2D eigenvalue weighted by Crippen LogP contribution is -2.21. The molecule has 0 atom stereocenters. The van der Waals surface area contributed by atoms with Gasteiger partial charge >= 0.3 is 0 Å². The standard InChI is InChI=1S/C15H28N2O/c1-14(2)12-16-9-5-4-6-10-17(3)13-15-8-7-11-18-15/h7-8,11,14,16H,4-6,9-10,12-13H2,1-3H3. The number of hydrogen-bond acceptors (Lipinski definition) is 3. The minimum Gasteiger partial charge on any atom is -0.468 e. The molecule has 0 aliphatic heterocycles. The van der Waals surface area contributed by atoms with E-state index in [0.717, 1.165) is 37.9 Å². The normalized spacial score (nSPS) is 11.6. The van der Waals surface area contributed by atoms with E-state index in [-0.39, 0.29) is 0 Å². The van der Waals surface area contributed by atoms with Gasteiger partial charge in [-0.05, 0) is 57.6 Å². The Morgan fingerprint density at radius 3 is 2.78 bits per heavy atom. The van der Waals surface area contributed by atoms with Gasteiger partial charge in [-0.3, -0.25) is 4.90 Å². The number of nitrogens with one attached hydrogen (secondary N) is 1. The van der Waals surface area contributed by atoms with Gasteiger partial charge in [-0.2, -0.15) is 0 Å². The molecule has 1 heterocycles. The highest BCUT2D eigenvalue weighted by molar-refractivity contribution is 4.97. The maximum atomic E-state index is 5.33. The summed E-state index contributed by atoms with van der Waals surface area (Å²) in [5, 5.41) is 3.48. The van der Waals surface area contributed by atoms with Crippen molar-refractivity contribution in [2.75, 3.05) is 26.7 Å². The molecule has 1 aromatic heterocycles. The number of rotatable bonds is 10. The number of nitrogens with zero attached hydrogens (tertiary/aromatic N) is 1. The molecule has 3 heteroatoms. The SMILES string of the molecule is CC(C)CNCCCCCN(C)Cc1ccco1. The van der Waals surface area contributed by atoms with E-state index in [0.29, 0.717) is 0 Å². The van der Waals surface area contributed by atoms with Crippen molar-refractivity contribution < 1.29 is 4.42 Å². The zero-order chi connectivity index (χ0) is 13.2. The fraction of sp³-hybridized carbons (Fsp3) is 0.733. The highest BCUT2D eigenvalue weighted by Crippen LogP contribution is 2.05. The average Bonchev–Trinajstić information content (AvgIpc) is 2.80. The van der Waals surface area contributed by atoms with Crippen LogP contribution in [-0.4, -0.2) is 31.6 Å². The Hall–Kier alpha value is -0.800. The Morgan fingerprint density at radius 1 is 1.28 bits per heavy atom. The predicted octanol–water partition coefficient (Wildman–Crippen LogP) is 3.13. The van der Waals surface area contributed by atoms with Crippen molar-refractivity contribution in [1.82, 2.24) is 10.2 Å². The van der Waals surface area contributed by atoms with E-state index < -0.39 is 0 Å². The summed E-state index contributed by atoms with van der Waals surface area (Å²) in [5.74, 6) is 1.81. The van der Waals surface area contributed by atoms with Gasteiger partial charge in [-0.25, -0.2) is 0 Å². The van der Waals surface area contributed by atoms with Gasteiger partial charge in [0.05, 0.1) is 12.8 Å². The number of unbranched alkanes of at least 4 members (excludes halogenated alkanes) is 2. The molecule has 0 fully saturated rings. The van der Waals surface area contributed by atoms with Crippen molar-refractivity contribution in [2.24, 2.45) is 5.92 Å². The summed E-state index contributed by atoms with van der Waals surface area (Å²) in [5.41, 5.74) is 0. The summed E-state index contributed by atoms with van der Waals surface area (Å²) in [4.78, 5) is 2.32. The third kappa shape index (κ3) is 7.51. The summed E-state index contributed by atoms with van der Waals surface area (Å²) >= 11 is 0. The Balaban J connectivity index is 1.91. The quantitative estimate of drug-likeness (QED) is 0.649. The van der Waals surface area contributed by atoms with Crippen LogP contribution in [0.2, 0.25) is 0 Å². The number of furan rings is 1. The van der Waals surface area contributed by atoms with E-state index >= 15 is 0 Å². The maximum absolute atomic E-state index is 5.33. The molecule has 0 spiro atoms. The van der Waals surface area contributed by atoms with Gasteiger partial charge in [-0.15, -0.1) is 0 Å². The van der Waals surface area contributed by atoms with Crippen LogP contribution >= 0.6 is 0 Å². The van der Waals surface area contributed by atoms with Gasteiger partial charge in [0, 0.05) is 0 Å². The largest absolute Gasteiger partial charge is 0.468 e. The number of hydrogen-bond donors (Lipinski definition) is 1. The molecule has 0 saturated heterocycles. The van der Waals surface area contributed by atoms with E-state index in [1.165, 1.54) is 19.3 Å². The summed E-state index contributed by atoms with van der Waals surface area (Å²) in [6.07, 6.45) is 5.58. The zero-order valence-corrected chi connectivity index (χ0v) is 12.1. The van der Waals surface area contributed by atoms with Crippen molar-refractivity contribution in [2.45, 2.75) is 39.7 Å². The minimum atomic E-state index is 0.754. The zero-order valence-electron chi connectivity index (χ0n) is 12.1. The average molecular weight is 252 g/mol. The Bertz CT molecular complexity index is 283. The van der Waals surface area contributed by atoms with Gasteiger partial charge in [0.2, 0.25) is 0 Å². The van der Waals surface area contributed by atoms with Crippen molar-refractivity contribution in [3.63, 3.8) is 0 Å². The topological polar surface area (TPSA) is 28.4 Å². The van der Waals surface area contributed by atoms with E-state index in [1.807, 2.05) is 12.1 Å². The van der Waals surface area contributed by atoms with Gasteiger partial charge in [0.25, 0.3) is 0 Å². The van der Waals surface area contributed by atoms with Crippen LogP contribution in [0.3, 0.4) is 0 Å². The maximum Gasteiger partial charge on any atom is 0.117 e. The molecule has 0 aliphatic carbocycles. The first-order valence-electron chi connectivity index (χ1n) is 7.10. The lowest BCUT2D eigenvalue weighted by molar-refractivity contribution is 0.288. The second-order valence-electron chi connectivity index (χ2n) is 5.48. The van der Waals surface area contributed by atoms with Crippen LogP contribution in [-0.2, 0) is 6.54 Å². The van der Waals surface area contributed by atoms with Crippen molar-refractivity contribution in [3.8, 4) is 0 Å². The van der Waals surface area contributed by atoms with E-state index in [4.69, 9.17) is 4.42 Å². The summed E-state index contributed by atoms with van der Waals surface area (Å²) in [6, 6.07) is 3.98. The molecule has 0 radical (unpaired) electrons. The monoisotopic (exact) mass is 252 g/mol. The molecule has 104 valence electrons. The second-order valence-corrected chi connectivity index (χ2v) is 5.48. The first-order chi connectivity index (χ1) is 8.68. The third-order valence-corrected chi connectivity index (χ3v) is 2.95. The Labute approximate surface area is 112 Å². The lowest BCUT2D eigenvalue weighted by atomic mass is 10.2. The van der Waals surface area contributed by atoms with E-state index in [1.54, 1.807) is 6.26 Å². The fourth-order valence-corrected chi connectivity index (χ4v) is 1.95. The van der Waals surface area contributed by atoms with Crippen LogP contribution in [0.15, 0.2) is 22.8 Å². The molecular formula is C15H28N2O. The molecule has 0 amide bonds. The minimum absolute atomic E-state index is 0.754.